The van der Waals surface area contributed by atoms with Gasteiger partial charge in [-0.25, -0.2) is 4.79 Å². The molecule has 9 heteroatoms. The summed E-state index contributed by atoms with van der Waals surface area (Å²) in [5, 5.41) is 23.8. The molecule has 0 saturated heterocycles. The van der Waals surface area contributed by atoms with Gasteiger partial charge in [-0.2, -0.15) is 0 Å². The fourth-order valence-electron chi connectivity index (χ4n) is 4.02. The highest BCUT2D eigenvalue weighted by molar-refractivity contribution is 6.30. The Morgan fingerprint density at radius 3 is 2.62 bits per heavy atom. The summed E-state index contributed by atoms with van der Waals surface area (Å²) in [4.78, 5) is 11.3. The van der Waals surface area contributed by atoms with E-state index >= 15 is 0 Å². The van der Waals surface area contributed by atoms with Crippen LogP contribution in [0.25, 0.3) is 0 Å². The number of aryl methyl sites for hydroxylation is 1. The number of benzene rings is 3. The molecule has 0 aliphatic heterocycles. The predicted molar refractivity (Wildman–Crippen MR) is 139 cm³/mol. The number of nitrogens with one attached hydrogen (secondary N) is 1. The van der Waals surface area contributed by atoms with Gasteiger partial charge in [-0.15, -0.1) is 24.8 Å². The smallest absolute Gasteiger partial charge is 0.335 e. The predicted octanol–water partition coefficient (Wildman–Crippen LogP) is 5.44. The van der Waals surface area contributed by atoms with Gasteiger partial charge in [0.2, 0.25) is 0 Å². The highest BCUT2D eigenvalue weighted by Gasteiger charge is 2.20. The van der Waals surface area contributed by atoms with Crippen molar-refractivity contribution in [3.05, 3.63) is 87.9 Å². The number of aliphatic hydroxyl groups excluding tert-OH is 1. The fraction of sp³-hybridized carbons (Fsp3) is 0.240. The van der Waals surface area contributed by atoms with E-state index in [0.717, 1.165) is 24.8 Å². The molecule has 0 amide bonds. The topological polar surface area (TPSA) is 105 Å². The van der Waals surface area contributed by atoms with Crippen LogP contribution in [0, 0.1) is 0 Å². The van der Waals surface area contributed by atoms with Gasteiger partial charge < -0.3 is 26.0 Å². The first-order valence-corrected chi connectivity index (χ1v) is 10.9. The van der Waals surface area contributed by atoms with Gasteiger partial charge in [-0.1, -0.05) is 29.8 Å². The summed E-state index contributed by atoms with van der Waals surface area (Å²) in [5.41, 5.74) is 9.46. The zero-order valence-electron chi connectivity index (χ0n) is 18.2. The zero-order valence-corrected chi connectivity index (χ0v) is 20.6. The van der Waals surface area contributed by atoms with Gasteiger partial charge >= 0.3 is 5.97 Å². The lowest BCUT2D eigenvalue weighted by Crippen LogP contribution is -2.37. The van der Waals surface area contributed by atoms with Gasteiger partial charge in [0, 0.05) is 29.4 Å². The quantitative estimate of drug-likeness (QED) is 0.306. The van der Waals surface area contributed by atoms with Crippen LogP contribution >= 0.6 is 36.4 Å². The van der Waals surface area contributed by atoms with Crippen molar-refractivity contribution in [2.75, 3.05) is 12.3 Å². The van der Waals surface area contributed by atoms with E-state index in [1.54, 1.807) is 18.2 Å². The van der Waals surface area contributed by atoms with Crippen LogP contribution in [0.5, 0.6) is 11.5 Å². The average molecular weight is 526 g/mol. The molecule has 3 aromatic carbocycles. The maximum atomic E-state index is 11.3. The molecule has 0 bridgehead atoms. The van der Waals surface area contributed by atoms with E-state index in [-0.39, 0.29) is 36.4 Å². The van der Waals surface area contributed by atoms with Crippen LogP contribution < -0.4 is 15.8 Å². The molecule has 6 nitrogen and oxygen atoms in total. The summed E-state index contributed by atoms with van der Waals surface area (Å²) >= 11 is 6.02. The Labute approximate surface area is 215 Å². The minimum atomic E-state index is -1.05. The first-order chi connectivity index (χ1) is 15.4. The Hall–Kier alpha value is -2.48. The molecule has 5 N–H and O–H groups in total. The number of hydrogen-bond acceptors (Lipinski definition) is 5. The van der Waals surface area contributed by atoms with Crippen LogP contribution in [0.4, 0.5) is 5.69 Å². The average Bonchev–Trinajstić information content (AvgIpc) is 2.76. The van der Waals surface area contributed by atoms with E-state index in [4.69, 9.17) is 22.1 Å². The van der Waals surface area contributed by atoms with Crippen molar-refractivity contribution in [2.24, 2.45) is 0 Å². The van der Waals surface area contributed by atoms with E-state index < -0.39 is 12.1 Å². The van der Waals surface area contributed by atoms with Crippen molar-refractivity contribution < 1.29 is 19.7 Å². The first kappa shape index (κ1) is 27.8. The van der Waals surface area contributed by atoms with E-state index in [0.29, 0.717) is 28.8 Å². The van der Waals surface area contributed by atoms with Crippen molar-refractivity contribution in [3.8, 4) is 11.5 Å². The summed E-state index contributed by atoms with van der Waals surface area (Å²) < 4.78 is 5.90. The summed E-state index contributed by atoms with van der Waals surface area (Å²) in [7, 11) is 0. The lowest BCUT2D eigenvalue weighted by atomic mass is 9.88. The highest BCUT2D eigenvalue weighted by Crippen LogP contribution is 2.30. The Balaban J connectivity index is 0.00000204. The normalized spacial score (nSPS) is 15.3. The number of carboxylic acids is 1. The highest BCUT2D eigenvalue weighted by atomic mass is 35.5. The second-order valence-corrected chi connectivity index (χ2v) is 8.48. The van der Waals surface area contributed by atoms with Gasteiger partial charge in [0.15, 0.2) is 0 Å². The van der Waals surface area contributed by atoms with Crippen LogP contribution in [-0.2, 0) is 12.8 Å². The molecule has 0 radical (unpaired) electrons. The van der Waals surface area contributed by atoms with Gasteiger partial charge in [0.1, 0.15) is 11.5 Å². The minimum Gasteiger partial charge on any atom is -0.478 e. The van der Waals surface area contributed by atoms with Crippen LogP contribution in [0.1, 0.15) is 39.6 Å². The number of halogens is 3. The maximum absolute atomic E-state index is 11.3. The minimum absolute atomic E-state index is 0. The number of anilines is 1. The van der Waals surface area contributed by atoms with Crippen molar-refractivity contribution in [1.29, 1.82) is 0 Å². The van der Waals surface area contributed by atoms with Gasteiger partial charge in [0.05, 0.1) is 11.7 Å². The standard InChI is InChI=1S/C25H25ClN2O4.2ClH/c26-19-3-1-2-16(8-19)24(29)14-28-21-6-4-15-5-7-22(11-17(15)10-21)32-23-12-18(25(30)31)9-20(27)13-23;;/h1-3,5,7-9,11-13,21,24,28-29H,4,6,10,14,27H2,(H,30,31);2*1H/t21-,24-;;/m0../s1. The molecule has 1 aliphatic rings. The summed E-state index contributed by atoms with van der Waals surface area (Å²) in [5.74, 6) is -0.0377. The second-order valence-electron chi connectivity index (χ2n) is 8.05. The first-order valence-electron chi connectivity index (χ1n) is 10.5. The van der Waals surface area contributed by atoms with Crippen LogP contribution in [0.15, 0.2) is 60.7 Å². The molecule has 0 heterocycles. The SMILES string of the molecule is Cl.Cl.Nc1cc(Oc2ccc3c(c2)C[C@@H](NC[C@H](O)c2cccc(Cl)c2)CC3)cc(C(=O)O)c1. The summed E-state index contributed by atoms with van der Waals surface area (Å²) in [6.07, 6.45) is 2.09. The number of aromatic carboxylic acids is 1. The molecule has 0 unspecified atom stereocenters. The molecule has 2 atom stereocenters. The number of carboxylic acid groups (broad SMARTS) is 1. The van der Waals surface area contributed by atoms with E-state index in [1.165, 1.54) is 23.3 Å². The molecule has 182 valence electrons. The van der Waals surface area contributed by atoms with Crippen molar-refractivity contribution in [3.63, 3.8) is 0 Å². The third-order valence-corrected chi connectivity index (χ3v) is 5.89. The maximum Gasteiger partial charge on any atom is 0.335 e. The number of ether oxygens (including phenoxy) is 1. The number of hydrogen-bond donors (Lipinski definition) is 4. The Morgan fingerprint density at radius 2 is 1.88 bits per heavy atom. The Kier molecular flexibility index (Phi) is 10.0. The molecule has 1 aliphatic carbocycles. The second kappa shape index (κ2) is 12.3. The van der Waals surface area contributed by atoms with Crippen molar-refractivity contribution in [1.82, 2.24) is 5.32 Å². The van der Waals surface area contributed by atoms with Gasteiger partial charge in [-0.3, -0.25) is 0 Å². The van der Waals surface area contributed by atoms with Crippen LogP contribution in [-0.4, -0.2) is 28.8 Å². The third-order valence-electron chi connectivity index (χ3n) is 5.65. The van der Waals surface area contributed by atoms with Crippen LogP contribution in [0.3, 0.4) is 0 Å². The van der Waals surface area contributed by atoms with Crippen molar-refractivity contribution in [2.45, 2.75) is 31.4 Å². The third kappa shape index (κ3) is 7.01. The lowest BCUT2D eigenvalue weighted by Gasteiger charge is -2.27. The molecule has 4 rings (SSSR count). The number of nitrogens with two attached hydrogens (primary N) is 1. The van der Waals surface area contributed by atoms with Gasteiger partial charge in [-0.05, 0) is 72.4 Å². The fourth-order valence-corrected chi connectivity index (χ4v) is 4.22. The van der Waals surface area contributed by atoms with Gasteiger partial charge in [0.25, 0.3) is 0 Å². The zero-order chi connectivity index (χ0) is 22.7. The Morgan fingerprint density at radius 1 is 1.09 bits per heavy atom. The largest absolute Gasteiger partial charge is 0.478 e. The molecule has 0 fully saturated rings. The van der Waals surface area contributed by atoms with Crippen molar-refractivity contribution >= 4 is 48.1 Å². The number of carbonyl (C=O) groups is 1. The number of nitrogen functional groups attached to an aromatic ring is 1. The molecular formula is C25H27Cl3N2O4. The summed E-state index contributed by atoms with van der Waals surface area (Å²) in [6.45, 7) is 0.442. The molecule has 34 heavy (non-hydrogen) atoms. The molecule has 0 aromatic heterocycles. The molecule has 0 spiro atoms. The number of rotatable bonds is 7. The van der Waals surface area contributed by atoms with Crippen LogP contribution in [0.2, 0.25) is 5.02 Å². The van der Waals surface area contributed by atoms with E-state index in [1.807, 2.05) is 30.3 Å². The Bertz CT molecular complexity index is 1140. The number of fused-ring (bicyclic) bond motifs is 1. The number of aliphatic hydroxyl groups is 1. The molecule has 3 aromatic rings. The molecule has 0 saturated carbocycles. The van der Waals surface area contributed by atoms with E-state index in [2.05, 4.69) is 5.32 Å². The lowest BCUT2D eigenvalue weighted by molar-refractivity contribution is 0.0696. The monoisotopic (exact) mass is 524 g/mol. The van der Waals surface area contributed by atoms with E-state index in [9.17, 15) is 15.0 Å². The summed E-state index contributed by atoms with van der Waals surface area (Å²) in [6, 6.07) is 17.9. The molecular weight excluding hydrogens is 499 g/mol.